The van der Waals surface area contributed by atoms with E-state index < -0.39 is 34.3 Å². The van der Waals surface area contributed by atoms with Gasteiger partial charge in [-0.05, 0) is 42.0 Å². The molecular weight excluding hydrogens is 337 g/mol. The molecule has 6 nitrogen and oxygen atoms in total. The summed E-state index contributed by atoms with van der Waals surface area (Å²) in [5.74, 6) is -1.15. The first kappa shape index (κ1) is 17.9. The van der Waals surface area contributed by atoms with Crippen molar-refractivity contribution in [2.24, 2.45) is 0 Å². The first-order valence-corrected chi connectivity index (χ1v) is 8.44. The third-order valence-corrected chi connectivity index (χ3v) is 4.81. The van der Waals surface area contributed by atoms with Gasteiger partial charge in [-0.1, -0.05) is 12.1 Å². The lowest BCUT2D eigenvalue weighted by molar-refractivity contribution is -0.137. The minimum atomic E-state index is -4.00. The highest BCUT2D eigenvalue weighted by molar-refractivity contribution is 7.89. The molecule has 128 valence electrons. The molecule has 0 aliphatic rings. The Labute approximate surface area is 138 Å². The van der Waals surface area contributed by atoms with Crippen molar-refractivity contribution in [2.75, 3.05) is 7.11 Å². The van der Waals surface area contributed by atoms with Gasteiger partial charge in [0.2, 0.25) is 10.0 Å². The van der Waals surface area contributed by atoms with Gasteiger partial charge in [0.1, 0.15) is 11.6 Å². The van der Waals surface area contributed by atoms with Crippen LogP contribution in [0.5, 0.6) is 5.75 Å². The number of carbonyl (C=O) groups is 1. The molecule has 2 aromatic rings. The molecule has 24 heavy (non-hydrogen) atoms. The number of nitrogens with one attached hydrogen (secondary N) is 1. The molecular formula is C16H16FNO5S. The molecule has 8 heteroatoms. The molecule has 2 N–H and O–H groups in total. The molecule has 0 spiro atoms. The number of sulfonamides is 1. The van der Waals surface area contributed by atoms with Gasteiger partial charge in [0.25, 0.3) is 0 Å². The number of hydrogen-bond donors (Lipinski definition) is 2. The van der Waals surface area contributed by atoms with Crippen LogP contribution in [0.25, 0.3) is 0 Å². The van der Waals surface area contributed by atoms with E-state index in [2.05, 4.69) is 4.72 Å². The summed E-state index contributed by atoms with van der Waals surface area (Å²) >= 11 is 0. The standard InChI is InChI=1S/C16H16FNO5S/c1-23-13-6-2-11(3-7-13)15(10-16(19)20)18-24(21,22)14-8-4-12(17)5-9-14/h2-9,15,18H,10H2,1H3,(H,19,20). The predicted molar refractivity (Wildman–Crippen MR) is 84.7 cm³/mol. The average Bonchev–Trinajstić information content (AvgIpc) is 2.54. The van der Waals surface area contributed by atoms with E-state index >= 15 is 0 Å². The van der Waals surface area contributed by atoms with E-state index in [1.165, 1.54) is 7.11 Å². The van der Waals surface area contributed by atoms with E-state index in [9.17, 15) is 17.6 Å². The fourth-order valence-electron chi connectivity index (χ4n) is 2.11. The van der Waals surface area contributed by atoms with Crippen molar-refractivity contribution in [1.29, 1.82) is 0 Å². The van der Waals surface area contributed by atoms with Crippen LogP contribution < -0.4 is 9.46 Å². The molecule has 0 amide bonds. The van der Waals surface area contributed by atoms with E-state index in [1.807, 2.05) is 0 Å². The van der Waals surface area contributed by atoms with Gasteiger partial charge < -0.3 is 9.84 Å². The highest BCUT2D eigenvalue weighted by atomic mass is 32.2. The average molecular weight is 353 g/mol. The monoisotopic (exact) mass is 353 g/mol. The first-order valence-electron chi connectivity index (χ1n) is 6.95. The quantitative estimate of drug-likeness (QED) is 0.797. The van der Waals surface area contributed by atoms with Crippen LogP contribution in [-0.2, 0) is 14.8 Å². The Hall–Kier alpha value is -2.45. The lowest BCUT2D eigenvalue weighted by atomic mass is 10.0. The van der Waals surface area contributed by atoms with E-state index in [4.69, 9.17) is 9.84 Å². The summed E-state index contributed by atoms with van der Waals surface area (Å²) in [6, 6.07) is 9.69. The first-order chi connectivity index (χ1) is 11.3. The predicted octanol–water partition coefficient (Wildman–Crippen LogP) is 2.33. The number of carboxylic acid groups (broad SMARTS) is 1. The number of carboxylic acids is 1. The molecule has 0 aliphatic heterocycles. The number of halogens is 1. The molecule has 2 rings (SSSR count). The minimum Gasteiger partial charge on any atom is -0.497 e. The second-order valence-electron chi connectivity index (χ2n) is 5.00. The summed E-state index contributed by atoms with van der Waals surface area (Å²) in [7, 11) is -2.51. The summed E-state index contributed by atoms with van der Waals surface area (Å²) in [6.07, 6.45) is -0.438. The van der Waals surface area contributed by atoms with Gasteiger partial charge in [-0.25, -0.2) is 17.5 Å². The van der Waals surface area contributed by atoms with Crippen LogP contribution in [0.3, 0.4) is 0 Å². The maximum atomic E-state index is 12.9. The number of benzene rings is 2. The van der Waals surface area contributed by atoms with Crippen LogP contribution in [0.2, 0.25) is 0 Å². The number of aliphatic carboxylic acids is 1. The Bertz CT molecular complexity index is 803. The summed E-state index contributed by atoms with van der Waals surface area (Å²) in [4.78, 5) is 10.9. The fourth-order valence-corrected chi connectivity index (χ4v) is 3.33. The van der Waals surface area contributed by atoms with E-state index in [0.717, 1.165) is 24.3 Å². The Balaban J connectivity index is 2.30. The highest BCUT2D eigenvalue weighted by Crippen LogP contribution is 2.23. The number of hydrogen-bond acceptors (Lipinski definition) is 4. The maximum absolute atomic E-state index is 12.9. The Kier molecular flexibility index (Phi) is 5.53. The number of rotatable bonds is 7. The van der Waals surface area contributed by atoms with Crippen LogP contribution in [0, 0.1) is 5.82 Å². The molecule has 0 fully saturated rings. The summed E-state index contributed by atoms with van der Waals surface area (Å²) in [5, 5.41) is 9.04. The number of methoxy groups -OCH3 is 1. The van der Waals surface area contributed by atoms with Crippen molar-refractivity contribution in [2.45, 2.75) is 17.4 Å². The zero-order valence-corrected chi connectivity index (χ0v) is 13.6. The van der Waals surface area contributed by atoms with Crippen molar-refractivity contribution in [3.63, 3.8) is 0 Å². The van der Waals surface area contributed by atoms with Crippen molar-refractivity contribution in [3.8, 4) is 5.75 Å². The van der Waals surface area contributed by atoms with Crippen molar-refractivity contribution >= 4 is 16.0 Å². The van der Waals surface area contributed by atoms with Crippen molar-refractivity contribution in [3.05, 3.63) is 59.9 Å². The lowest BCUT2D eigenvalue weighted by Crippen LogP contribution is -2.30. The molecule has 1 unspecified atom stereocenters. The third kappa shape index (κ3) is 4.53. The number of ether oxygens (including phenoxy) is 1. The zero-order chi connectivity index (χ0) is 17.7. The molecule has 0 saturated heterocycles. The van der Waals surface area contributed by atoms with Gasteiger partial charge in [0.05, 0.1) is 24.5 Å². The third-order valence-electron chi connectivity index (χ3n) is 3.32. The highest BCUT2D eigenvalue weighted by Gasteiger charge is 2.23. The Morgan fingerprint density at radius 3 is 2.25 bits per heavy atom. The summed E-state index contributed by atoms with van der Waals surface area (Å²) in [6.45, 7) is 0. The minimum absolute atomic E-state index is 0.146. The zero-order valence-electron chi connectivity index (χ0n) is 12.8. The van der Waals surface area contributed by atoms with E-state index in [-0.39, 0.29) is 4.90 Å². The van der Waals surface area contributed by atoms with Crippen molar-refractivity contribution in [1.82, 2.24) is 4.72 Å². The van der Waals surface area contributed by atoms with Gasteiger partial charge in [0.15, 0.2) is 0 Å². The second kappa shape index (κ2) is 7.41. The normalized spacial score (nSPS) is 12.6. The largest absolute Gasteiger partial charge is 0.497 e. The molecule has 1 atom stereocenters. The summed E-state index contributed by atoms with van der Waals surface area (Å²) in [5.41, 5.74) is 0.476. The van der Waals surface area contributed by atoms with Crippen LogP contribution in [0.1, 0.15) is 18.0 Å². The fraction of sp³-hybridized carbons (Fsp3) is 0.188. The summed E-state index contributed by atoms with van der Waals surface area (Å²) < 4.78 is 45.1. The van der Waals surface area contributed by atoms with Gasteiger partial charge in [-0.2, -0.15) is 0 Å². The van der Waals surface area contributed by atoms with Gasteiger partial charge in [0, 0.05) is 0 Å². The molecule has 0 radical (unpaired) electrons. The smallest absolute Gasteiger partial charge is 0.305 e. The maximum Gasteiger partial charge on any atom is 0.305 e. The van der Waals surface area contributed by atoms with Crippen molar-refractivity contribution < 1.29 is 27.4 Å². The molecule has 0 aromatic heterocycles. The van der Waals surface area contributed by atoms with Gasteiger partial charge in [-0.3, -0.25) is 4.79 Å². The van der Waals surface area contributed by atoms with Gasteiger partial charge >= 0.3 is 5.97 Å². The SMILES string of the molecule is COc1ccc(C(CC(=O)O)NS(=O)(=O)c2ccc(F)cc2)cc1. The van der Waals surface area contributed by atoms with Crippen LogP contribution in [0.15, 0.2) is 53.4 Å². The Morgan fingerprint density at radius 2 is 1.75 bits per heavy atom. The topological polar surface area (TPSA) is 92.7 Å². The molecule has 0 bridgehead atoms. The van der Waals surface area contributed by atoms with E-state index in [1.54, 1.807) is 24.3 Å². The van der Waals surface area contributed by atoms with Gasteiger partial charge in [-0.15, -0.1) is 0 Å². The van der Waals surface area contributed by atoms with Crippen LogP contribution in [-0.4, -0.2) is 26.6 Å². The van der Waals surface area contributed by atoms with E-state index in [0.29, 0.717) is 11.3 Å². The lowest BCUT2D eigenvalue weighted by Gasteiger charge is -2.18. The molecule has 0 saturated carbocycles. The second-order valence-corrected chi connectivity index (χ2v) is 6.71. The van der Waals surface area contributed by atoms with Crippen LogP contribution in [0.4, 0.5) is 4.39 Å². The molecule has 2 aromatic carbocycles. The van der Waals surface area contributed by atoms with Crippen LogP contribution >= 0.6 is 0 Å². The molecule has 0 aliphatic carbocycles. The Morgan fingerprint density at radius 1 is 1.17 bits per heavy atom. The molecule has 0 heterocycles.